The van der Waals surface area contributed by atoms with Gasteiger partial charge < -0.3 is 0 Å². The van der Waals surface area contributed by atoms with E-state index in [9.17, 15) is 10.1 Å². The molecular formula is C6H4N2O2S2. The number of rotatable bonds is 3. The molecule has 62 valence electrons. The van der Waals surface area contributed by atoms with Gasteiger partial charge in [0.2, 0.25) is 0 Å². The molecule has 0 amide bonds. The summed E-state index contributed by atoms with van der Waals surface area (Å²) >= 11 is 2.41. The molecule has 0 aliphatic rings. The van der Waals surface area contributed by atoms with Crippen LogP contribution < -0.4 is 0 Å². The predicted molar refractivity (Wildman–Crippen MR) is 46.8 cm³/mol. The number of nitro groups is 1. The maximum atomic E-state index is 9.97. The molecule has 1 aromatic rings. The Hall–Kier alpha value is -1.06. The molecule has 1 aromatic heterocycles. The zero-order valence-electron chi connectivity index (χ0n) is 5.89. The van der Waals surface area contributed by atoms with Crippen LogP contribution in [0.3, 0.4) is 0 Å². The van der Waals surface area contributed by atoms with Crippen molar-refractivity contribution in [3.05, 3.63) is 27.1 Å². The van der Waals surface area contributed by atoms with Gasteiger partial charge in [-0.2, -0.15) is 5.26 Å². The van der Waals surface area contributed by atoms with E-state index in [-0.39, 0.29) is 5.88 Å². The molecular weight excluding hydrogens is 196 g/mol. The van der Waals surface area contributed by atoms with Crippen LogP contribution >= 0.6 is 23.1 Å². The summed E-state index contributed by atoms with van der Waals surface area (Å²) in [5, 5.41) is 18.4. The number of thiophene rings is 1. The summed E-state index contributed by atoms with van der Waals surface area (Å²) in [5.41, 5.74) is 0. The van der Waals surface area contributed by atoms with Crippen LogP contribution in [0.15, 0.2) is 16.3 Å². The molecule has 0 aliphatic carbocycles. The highest BCUT2D eigenvalue weighted by Gasteiger charge is 2.03. The van der Waals surface area contributed by atoms with Gasteiger partial charge in [-0.3, -0.25) is 10.1 Å². The number of hydrogen-bond acceptors (Lipinski definition) is 5. The van der Waals surface area contributed by atoms with Crippen LogP contribution in [0.2, 0.25) is 0 Å². The van der Waals surface area contributed by atoms with E-state index in [2.05, 4.69) is 0 Å². The number of nitriles is 1. The van der Waals surface area contributed by atoms with E-state index in [1.165, 1.54) is 11.3 Å². The SMILES string of the molecule is N#Cc1ccc(SC[N+](=O)[O-])s1. The first-order valence-electron chi connectivity index (χ1n) is 2.97. The van der Waals surface area contributed by atoms with Crippen LogP contribution in [0.1, 0.15) is 4.88 Å². The predicted octanol–water partition coefficient (Wildman–Crippen LogP) is 1.95. The van der Waals surface area contributed by atoms with E-state index in [0.29, 0.717) is 4.88 Å². The quantitative estimate of drug-likeness (QED) is 0.323. The smallest absolute Gasteiger partial charge is 0.254 e. The summed E-state index contributed by atoms with van der Waals surface area (Å²) in [6, 6.07) is 5.35. The van der Waals surface area contributed by atoms with Crippen LogP contribution in [0, 0.1) is 21.4 Å². The third kappa shape index (κ3) is 2.53. The highest BCUT2D eigenvalue weighted by Crippen LogP contribution is 2.26. The Morgan fingerprint density at radius 2 is 2.50 bits per heavy atom. The molecule has 4 nitrogen and oxygen atoms in total. The molecule has 6 heteroatoms. The van der Waals surface area contributed by atoms with Crippen molar-refractivity contribution in [2.75, 3.05) is 5.88 Å². The second-order valence-corrected chi connectivity index (χ2v) is 4.17. The lowest BCUT2D eigenvalue weighted by Gasteiger charge is -1.88. The van der Waals surface area contributed by atoms with Gasteiger partial charge in [-0.05, 0) is 23.9 Å². The Morgan fingerprint density at radius 3 is 3.00 bits per heavy atom. The van der Waals surface area contributed by atoms with Gasteiger partial charge in [-0.15, -0.1) is 11.3 Å². The molecule has 0 unspecified atom stereocenters. The van der Waals surface area contributed by atoms with Crippen molar-refractivity contribution in [1.29, 1.82) is 5.26 Å². The van der Waals surface area contributed by atoms with Crippen LogP contribution in [-0.4, -0.2) is 10.8 Å². The Balaban J connectivity index is 2.54. The van der Waals surface area contributed by atoms with Gasteiger partial charge in [0.25, 0.3) is 5.88 Å². The molecule has 0 aromatic carbocycles. The molecule has 0 fully saturated rings. The molecule has 0 radical (unpaired) electrons. The first-order valence-corrected chi connectivity index (χ1v) is 4.77. The summed E-state index contributed by atoms with van der Waals surface area (Å²) in [6.07, 6.45) is 0. The second kappa shape index (κ2) is 4.09. The molecule has 0 saturated heterocycles. The van der Waals surface area contributed by atoms with Gasteiger partial charge in [-0.25, -0.2) is 0 Å². The minimum absolute atomic E-state index is 0.147. The standard InChI is InChI=1S/C6H4N2O2S2/c7-3-5-1-2-6(12-5)11-4-8(9)10/h1-2H,4H2. The fourth-order valence-electron chi connectivity index (χ4n) is 0.574. The topological polar surface area (TPSA) is 66.9 Å². The molecule has 1 heterocycles. The second-order valence-electron chi connectivity index (χ2n) is 1.84. The maximum Gasteiger partial charge on any atom is 0.254 e. The molecule has 0 N–H and O–H groups in total. The molecule has 0 saturated carbocycles. The van der Waals surface area contributed by atoms with Gasteiger partial charge in [0, 0.05) is 4.92 Å². The van der Waals surface area contributed by atoms with Gasteiger partial charge in [0.15, 0.2) is 0 Å². The van der Waals surface area contributed by atoms with Crippen molar-refractivity contribution in [1.82, 2.24) is 0 Å². The van der Waals surface area contributed by atoms with Crippen LogP contribution in [0.4, 0.5) is 0 Å². The van der Waals surface area contributed by atoms with Crippen molar-refractivity contribution in [3.8, 4) is 6.07 Å². The van der Waals surface area contributed by atoms with Gasteiger partial charge >= 0.3 is 0 Å². The fourth-order valence-corrected chi connectivity index (χ4v) is 2.17. The minimum atomic E-state index is -0.392. The highest BCUT2D eigenvalue weighted by atomic mass is 32.2. The van der Waals surface area contributed by atoms with E-state index >= 15 is 0 Å². The molecule has 1 rings (SSSR count). The van der Waals surface area contributed by atoms with E-state index in [4.69, 9.17) is 5.26 Å². The number of thioether (sulfide) groups is 1. The van der Waals surface area contributed by atoms with Crippen molar-refractivity contribution >= 4 is 23.1 Å². The third-order valence-corrected chi connectivity index (χ3v) is 3.15. The largest absolute Gasteiger partial charge is 0.264 e. The fraction of sp³-hybridized carbons (Fsp3) is 0.167. The first kappa shape index (κ1) is 9.03. The summed E-state index contributed by atoms with van der Waals surface area (Å²) in [7, 11) is 0. The zero-order chi connectivity index (χ0) is 8.97. The van der Waals surface area contributed by atoms with Crippen LogP contribution in [-0.2, 0) is 0 Å². The lowest BCUT2D eigenvalue weighted by Crippen LogP contribution is -1.93. The first-order chi connectivity index (χ1) is 5.72. The molecule has 0 bridgehead atoms. The average molecular weight is 200 g/mol. The Kier molecular flexibility index (Phi) is 3.08. The normalized spacial score (nSPS) is 9.25. The summed E-state index contributed by atoms with van der Waals surface area (Å²) < 4.78 is 0.809. The van der Waals surface area contributed by atoms with Gasteiger partial charge in [-0.1, -0.05) is 0 Å². The monoisotopic (exact) mass is 200 g/mol. The molecule has 0 aliphatic heterocycles. The van der Waals surface area contributed by atoms with E-state index in [1.807, 2.05) is 6.07 Å². The molecule has 12 heavy (non-hydrogen) atoms. The number of hydrogen-bond donors (Lipinski definition) is 0. The molecule has 0 spiro atoms. The lowest BCUT2D eigenvalue weighted by molar-refractivity contribution is -0.456. The Morgan fingerprint density at radius 1 is 1.75 bits per heavy atom. The van der Waals surface area contributed by atoms with Crippen molar-refractivity contribution in [2.24, 2.45) is 0 Å². The maximum absolute atomic E-state index is 9.97. The summed E-state index contributed by atoms with van der Waals surface area (Å²) in [6.45, 7) is 0. The van der Waals surface area contributed by atoms with Crippen LogP contribution in [0.5, 0.6) is 0 Å². The van der Waals surface area contributed by atoms with Crippen molar-refractivity contribution in [2.45, 2.75) is 4.21 Å². The van der Waals surface area contributed by atoms with Crippen LogP contribution in [0.25, 0.3) is 0 Å². The highest BCUT2D eigenvalue weighted by molar-refractivity contribution is 8.00. The van der Waals surface area contributed by atoms with E-state index in [1.54, 1.807) is 12.1 Å². The summed E-state index contributed by atoms with van der Waals surface area (Å²) in [4.78, 5) is 10.2. The van der Waals surface area contributed by atoms with E-state index < -0.39 is 4.92 Å². The van der Waals surface area contributed by atoms with E-state index in [0.717, 1.165) is 16.0 Å². The van der Waals surface area contributed by atoms with Crippen molar-refractivity contribution < 1.29 is 4.92 Å². The minimum Gasteiger partial charge on any atom is -0.264 e. The average Bonchev–Trinajstić information content (AvgIpc) is 2.48. The number of nitrogens with zero attached hydrogens (tertiary/aromatic N) is 2. The molecule has 0 atom stereocenters. The Labute approximate surface area is 77.0 Å². The summed E-state index contributed by atoms with van der Waals surface area (Å²) in [5.74, 6) is -0.147. The van der Waals surface area contributed by atoms with Crippen molar-refractivity contribution in [3.63, 3.8) is 0 Å². The zero-order valence-corrected chi connectivity index (χ0v) is 7.52. The third-order valence-electron chi connectivity index (χ3n) is 1.00. The van der Waals surface area contributed by atoms with Gasteiger partial charge in [0.05, 0.1) is 4.21 Å². The lowest BCUT2D eigenvalue weighted by atomic mass is 10.5. The van der Waals surface area contributed by atoms with Gasteiger partial charge in [0.1, 0.15) is 10.9 Å². The Bertz CT molecular complexity index is 329.